The molecule has 0 aromatic carbocycles. The number of anilines is 1. The molecule has 0 bridgehead atoms. The fourth-order valence-electron chi connectivity index (χ4n) is 0.827. The first-order valence-electron chi connectivity index (χ1n) is 3.80. The highest BCUT2D eigenvalue weighted by atomic mass is 32.2. The molecule has 0 aliphatic rings. The summed E-state index contributed by atoms with van der Waals surface area (Å²) in [4.78, 5) is 0. The molecule has 1 aromatic rings. The van der Waals surface area contributed by atoms with Crippen molar-refractivity contribution in [3.63, 3.8) is 0 Å². The van der Waals surface area contributed by atoms with Crippen LogP contribution in [0.1, 0.15) is 0 Å². The number of aliphatic hydroxyl groups excluding tert-OH is 1. The summed E-state index contributed by atoms with van der Waals surface area (Å²) in [5.41, 5.74) is 5.43. The van der Waals surface area contributed by atoms with E-state index in [4.69, 9.17) is 10.8 Å². The maximum atomic E-state index is 8.50. The largest absolute Gasteiger partial charge is 0.396 e. The summed E-state index contributed by atoms with van der Waals surface area (Å²) in [6.07, 6.45) is 1.86. The van der Waals surface area contributed by atoms with Gasteiger partial charge in [0.15, 0.2) is 0 Å². The fraction of sp³-hybridized carbons (Fsp3) is 0.571. The van der Waals surface area contributed by atoms with Crippen molar-refractivity contribution < 1.29 is 5.11 Å². The molecule has 5 heteroatoms. The van der Waals surface area contributed by atoms with E-state index in [1.165, 1.54) is 0 Å². The van der Waals surface area contributed by atoms with Crippen LogP contribution in [0.4, 0.5) is 5.82 Å². The van der Waals surface area contributed by atoms with Gasteiger partial charge < -0.3 is 10.8 Å². The normalized spacial score (nSPS) is 10.4. The third-order valence-corrected chi connectivity index (χ3v) is 2.30. The molecule has 3 N–H and O–H groups in total. The number of aryl methyl sites for hydroxylation is 1. The van der Waals surface area contributed by atoms with Gasteiger partial charge in [0.05, 0.1) is 13.2 Å². The van der Waals surface area contributed by atoms with E-state index in [0.717, 1.165) is 18.1 Å². The smallest absolute Gasteiger partial charge is 0.145 e. The van der Waals surface area contributed by atoms with Crippen molar-refractivity contribution in [2.24, 2.45) is 0 Å². The third kappa shape index (κ3) is 3.15. The lowest BCUT2D eigenvalue weighted by atomic mass is 10.7. The number of nitrogen functional groups attached to an aromatic ring is 1. The Morgan fingerprint density at radius 3 is 3.00 bits per heavy atom. The second-order valence-electron chi connectivity index (χ2n) is 2.34. The van der Waals surface area contributed by atoms with Crippen molar-refractivity contribution in [1.82, 2.24) is 9.78 Å². The molecule has 0 radical (unpaired) electrons. The van der Waals surface area contributed by atoms with Crippen LogP contribution in [-0.4, -0.2) is 33.0 Å². The highest BCUT2D eigenvalue weighted by Gasteiger charge is 1.93. The molecule has 0 aliphatic heterocycles. The second-order valence-corrected chi connectivity index (χ2v) is 3.56. The summed E-state index contributed by atoms with van der Waals surface area (Å²) in [7, 11) is 0. The molecule has 12 heavy (non-hydrogen) atoms. The average Bonchev–Trinajstić information content (AvgIpc) is 2.45. The van der Waals surface area contributed by atoms with Gasteiger partial charge >= 0.3 is 0 Å². The van der Waals surface area contributed by atoms with Crippen LogP contribution in [0.2, 0.25) is 0 Å². The number of thioether (sulfide) groups is 1. The molecule has 0 saturated carbocycles. The van der Waals surface area contributed by atoms with Gasteiger partial charge in [0.1, 0.15) is 5.82 Å². The lowest BCUT2D eigenvalue weighted by molar-refractivity contribution is 0.322. The van der Waals surface area contributed by atoms with Crippen LogP contribution in [0.15, 0.2) is 12.3 Å². The lowest BCUT2D eigenvalue weighted by Crippen LogP contribution is -2.02. The van der Waals surface area contributed by atoms with Crippen molar-refractivity contribution in [3.8, 4) is 0 Å². The first-order valence-corrected chi connectivity index (χ1v) is 4.96. The van der Waals surface area contributed by atoms with Gasteiger partial charge in [0.25, 0.3) is 0 Å². The van der Waals surface area contributed by atoms with E-state index in [1.807, 2.05) is 6.20 Å². The predicted octanol–water partition coefficient (Wildman–Crippen LogP) is 0.191. The summed E-state index contributed by atoms with van der Waals surface area (Å²) in [6, 6.07) is 1.77. The molecule has 4 nitrogen and oxygen atoms in total. The van der Waals surface area contributed by atoms with Gasteiger partial charge in [-0.15, -0.1) is 0 Å². The van der Waals surface area contributed by atoms with Crippen LogP contribution in [0.25, 0.3) is 0 Å². The molecule has 0 fully saturated rings. The van der Waals surface area contributed by atoms with E-state index >= 15 is 0 Å². The fourth-order valence-corrected chi connectivity index (χ4v) is 1.48. The maximum absolute atomic E-state index is 8.50. The molecule has 0 saturated heterocycles. The minimum atomic E-state index is 0.242. The summed E-state index contributed by atoms with van der Waals surface area (Å²) in [5.74, 6) is 2.31. The Balaban J connectivity index is 2.15. The molecule has 0 amide bonds. The molecule has 0 atom stereocenters. The van der Waals surface area contributed by atoms with Crippen LogP contribution in [0, 0.1) is 0 Å². The summed E-state index contributed by atoms with van der Waals surface area (Å²) in [6.45, 7) is 1.09. The van der Waals surface area contributed by atoms with Gasteiger partial charge in [-0.1, -0.05) is 0 Å². The van der Waals surface area contributed by atoms with E-state index in [2.05, 4.69) is 5.10 Å². The Morgan fingerprint density at radius 2 is 2.42 bits per heavy atom. The Hall–Kier alpha value is -0.680. The number of hydrogen-bond donors (Lipinski definition) is 2. The zero-order chi connectivity index (χ0) is 8.81. The molecule has 0 spiro atoms. The minimum Gasteiger partial charge on any atom is -0.396 e. The highest BCUT2D eigenvalue weighted by Crippen LogP contribution is 2.01. The Labute approximate surface area is 75.8 Å². The summed E-state index contributed by atoms with van der Waals surface area (Å²) >= 11 is 1.71. The molecule has 1 heterocycles. The zero-order valence-corrected chi connectivity index (χ0v) is 7.63. The number of rotatable bonds is 5. The average molecular weight is 187 g/mol. The lowest BCUT2D eigenvalue weighted by Gasteiger charge is -1.99. The SMILES string of the molecule is Nc1ccn(CCSCCO)n1. The van der Waals surface area contributed by atoms with Crippen molar-refractivity contribution >= 4 is 17.6 Å². The first kappa shape index (κ1) is 9.41. The number of hydrogen-bond acceptors (Lipinski definition) is 4. The van der Waals surface area contributed by atoms with E-state index < -0.39 is 0 Å². The van der Waals surface area contributed by atoms with Crippen LogP contribution in [-0.2, 0) is 6.54 Å². The number of aliphatic hydroxyl groups is 1. The van der Waals surface area contributed by atoms with Gasteiger partial charge in [0.2, 0.25) is 0 Å². The minimum absolute atomic E-state index is 0.242. The van der Waals surface area contributed by atoms with E-state index in [0.29, 0.717) is 5.82 Å². The highest BCUT2D eigenvalue weighted by molar-refractivity contribution is 7.99. The third-order valence-electron chi connectivity index (χ3n) is 1.36. The molecular weight excluding hydrogens is 174 g/mol. The molecule has 1 rings (SSSR count). The molecule has 0 unspecified atom stereocenters. The van der Waals surface area contributed by atoms with Crippen LogP contribution in [0.3, 0.4) is 0 Å². The van der Waals surface area contributed by atoms with Crippen molar-refractivity contribution in [1.29, 1.82) is 0 Å². The monoisotopic (exact) mass is 187 g/mol. The number of nitrogens with two attached hydrogens (primary N) is 1. The Kier molecular flexibility index (Phi) is 3.96. The van der Waals surface area contributed by atoms with Crippen LogP contribution in [0.5, 0.6) is 0 Å². The Bertz CT molecular complexity index is 226. The predicted molar refractivity (Wildman–Crippen MR) is 51.1 cm³/mol. The quantitative estimate of drug-likeness (QED) is 0.646. The number of nitrogens with zero attached hydrogens (tertiary/aromatic N) is 2. The van der Waals surface area contributed by atoms with Crippen LogP contribution < -0.4 is 5.73 Å². The second kappa shape index (κ2) is 5.05. The topological polar surface area (TPSA) is 64.1 Å². The van der Waals surface area contributed by atoms with Crippen molar-refractivity contribution in [2.45, 2.75) is 6.54 Å². The molecule has 68 valence electrons. The van der Waals surface area contributed by atoms with E-state index in [-0.39, 0.29) is 6.61 Å². The van der Waals surface area contributed by atoms with Gasteiger partial charge in [0, 0.05) is 17.7 Å². The van der Waals surface area contributed by atoms with Gasteiger partial charge in [-0.3, -0.25) is 4.68 Å². The number of aromatic nitrogens is 2. The standard InChI is InChI=1S/C7H13N3OS/c8-7-1-2-10(9-7)3-5-12-6-4-11/h1-2,11H,3-6H2,(H2,8,9). The molecular formula is C7H13N3OS. The first-order chi connectivity index (χ1) is 5.83. The van der Waals surface area contributed by atoms with Crippen LogP contribution >= 0.6 is 11.8 Å². The summed E-state index contributed by atoms with van der Waals surface area (Å²) < 4.78 is 1.81. The molecule has 1 aromatic heterocycles. The summed E-state index contributed by atoms with van der Waals surface area (Å²) in [5, 5.41) is 12.5. The van der Waals surface area contributed by atoms with Gasteiger partial charge in [-0.05, 0) is 6.07 Å². The van der Waals surface area contributed by atoms with Crippen molar-refractivity contribution in [3.05, 3.63) is 12.3 Å². The van der Waals surface area contributed by atoms with Gasteiger partial charge in [-0.2, -0.15) is 16.9 Å². The van der Waals surface area contributed by atoms with Crippen molar-refractivity contribution in [2.75, 3.05) is 23.8 Å². The Morgan fingerprint density at radius 1 is 1.58 bits per heavy atom. The maximum Gasteiger partial charge on any atom is 0.145 e. The van der Waals surface area contributed by atoms with E-state index in [1.54, 1.807) is 22.5 Å². The zero-order valence-electron chi connectivity index (χ0n) is 6.81. The van der Waals surface area contributed by atoms with E-state index in [9.17, 15) is 0 Å². The molecule has 0 aliphatic carbocycles. The van der Waals surface area contributed by atoms with Gasteiger partial charge in [-0.25, -0.2) is 0 Å².